The van der Waals surface area contributed by atoms with Crippen molar-refractivity contribution in [2.45, 2.75) is 297 Å². The Hall–Kier alpha value is -4.19. The highest BCUT2D eigenvalue weighted by atomic mass is 16.6. The third kappa shape index (κ3) is 62.5. The number of unbranched alkanes of at least 4 members (excludes halogenated alkanes) is 26. The van der Waals surface area contributed by atoms with Crippen LogP contribution in [0.4, 0.5) is 0 Å². The van der Waals surface area contributed by atoms with E-state index in [0.717, 1.165) is 103 Å². The molecule has 0 N–H and O–H groups in total. The molecule has 0 saturated heterocycles. The van der Waals surface area contributed by atoms with Crippen molar-refractivity contribution in [3.63, 3.8) is 0 Å². The van der Waals surface area contributed by atoms with Crippen LogP contribution in [0, 0.1) is 0 Å². The van der Waals surface area contributed by atoms with Gasteiger partial charge >= 0.3 is 17.9 Å². The summed E-state index contributed by atoms with van der Waals surface area (Å²) in [7, 11) is 0. The summed E-state index contributed by atoms with van der Waals surface area (Å²) >= 11 is 0. The summed E-state index contributed by atoms with van der Waals surface area (Å²) in [5, 5.41) is 0. The zero-order chi connectivity index (χ0) is 55.7. The quantitative estimate of drug-likeness (QED) is 0.0261. The van der Waals surface area contributed by atoms with Crippen LogP contribution in [0.3, 0.4) is 0 Å². The first kappa shape index (κ1) is 72.8. The fraction of sp³-hybridized carbons (Fsp3) is 0.676. The summed E-state index contributed by atoms with van der Waals surface area (Å²) in [4.78, 5) is 38.3. The lowest BCUT2D eigenvalue weighted by Gasteiger charge is -2.18. The first-order valence-electron chi connectivity index (χ1n) is 32.0. The maximum absolute atomic E-state index is 12.9. The molecule has 0 rings (SSSR count). The Balaban J connectivity index is 4.41. The summed E-state index contributed by atoms with van der Waals surface area (Å²) in [6.45, 7) is 6.38. The van der Waals surface area contributed by atoms with E-state index in [1.807, 2.05) is 0 Å². The second-order valence-electron chi connectivity index (χ2n) is 20.9. The SMILES string of the molecule is CC/C=C\C/C=C\C/C=C\C/C=C\C/C=C\CCCC(=O)OC(COC(=O)CCCCCCCCC/C=C\CCCCCCCC)COC(=O)CCCCCCCCCCCCCC/C=C\C/C=C\C/C=C\C/C=C\CC. The fourth-order valence-corrected chi connectivity index (χ4v) is 8.70. The average molecular weight is 1070 g/mol. The first-order valence-corrected chi connectivity index (χ1v) is 32.0. The Morgan fingerprint density at radius 3 is 0.844 bits per heavy atom. The number of esters is 3. The Morgan fingerprint density at radius 2 is 0.519 bits per heavy atom. The number of carbonyl (C=O) groups excluding carboxylic acids is 3. The molecule has 0 fully saturated rings. The first-order chi connectivity index (χ1) is 38.0. The van der Waals surface area contributed by atoms with Crippen molar-refractivity contribution in [3.8, 4) is 0 Å². The number of rotatable bonds is 57. The van der Waals surface area contributed by atoms with Crippen molar-refractivity contribution >= 4 is 17.9 Å². The predicted molar refractivity (Wildman–Crippen MR) is 334 cm³/mol. The lowest BCUT2D eigenvalue weighted by atomic mass is 10.0. The van der Waals surface area contributed by atoms with Gasteiger partial charge < -0.3 is 14.2 Å². The number of hydrogen-bond donors (Lipinski definition) is 0. The van der Waals surface area contributed by atoms with Crippen LogP contribution in [0.25, 0.3) is 0 Å². The van der Waals surface area contributed by atoms with Crippen LogP contribution in [-0.4, -0.2) is 37.2 Å². The van der Waals surface area contributed by atoms with Gasteiger partial charge in [-0.05, 0) is 122 Å². The molecule has 0 spiro atoms. The van der Waals surface area contributed by atoms with E-state index in [4.69, 9.17) is 14.2 Å². The van der Waals surface area contributed by atoms with Crippen LogP contribution in [0.1, 0.15) is 290 Å². The molecule has 0 aliphatic heterocycles. The third-order valence-electron chi connectivity index (χ3n) is 13.4. The maximum Gasteiger partial charge on any atom is 0.306 e. The van der Waals surface area contributed by atoms with Crippen molar-refractivity contribution < 1.29 is 28.6 Å². The summed E-state index contributed by atoms with van der Waals surface area (Å²) in [6, 6.07) is 0. The van der Waals surface area contributed by atoms with E-state index in [0.29, 0.717) is 19.3 Å². The Labute approximate surface area is 475 Å². The summed E-state index contributed by atoms with van der Waals surface area (Å²) in [6.07, 6.45) is 89.2. The van der Waals surface area contributed by atoms with Gasteiger partial charge in [-0.1, -0.05) is 271 Å². The molecule has 6 heteroatoms. The molecule has 1 atom stereocenters. The van der Waals surface area contributed by atoms with E-state index < -0.39 is 6.10 Å². The van der Waals surface area contributed by atoms with Gasteiger partial charge in [0, 0.05) is 19.3 Å². The minimum Gasteiger partial charge on any atom is -0.462 e. The molecule has 0 saturated carbocycles. The molecular formula is C71H118O6. The smallest absolute Gasteiger partial charge is 0.306 e. The number of carbonyl (C=O) groups is 3. The largest absolute Gasteiger partial charge is 0.462 e. The minimum absolute atomic E-state index is 0.104. The van der Waals surface area contributed by atoms with Crippen LogP contribution in [0.5, 0.6) is 0 Å². The van der Waals surface area contributed by atoms with Gasteiger partial charge in [0.15, 0.2) is 6.10 Å². The predicted octanol–water partition coefficient (Wildman–Crippen LogP) is 22.0. The van der Waals surface area contributed by atoms with Crippen LogP contribution in [0.15, 0.2) is 122 Å². The number of ether oxygens (including phenoxy) is 3. The molecule has 0 aromatic rings. The average Bonchev–Trinajstić information content (AvgIpc) is 3.43. The zero-order valence-electron chi connectivity index (χ0n) is 50.2. The van der Waals surface area contributed by atoms with E-state index >= 15 is 0 Å². The monoisotopic (exact) mass is 1070 g/mol. The van der Waals surface area contributed by atoms with Crippen molar-refractivity contribution in [1.82, 2.24) is 0 Å². The molecule has 0 bridgehead atoms. The molecule has 0 aromatic carbocycles. The van der Waals surface area contributed by atoms with Gasteiger partial charge in [-0.2, -0.15) is 0 Å². The van der Waals surface area contributed by atoms with Crippen LogP contribution in [0.2, 0.25) is 0 Å². The second kappa shape index (κ2) is 64.3. The maximum atomic E-state index is 12.9. The summed E-state index contributed by atoms with van der Waals surface area (Å²) in [5.41, 5.74) is 0. The van der Waals surface area contributed by atoms with Crippen LogP contribution in [-0.2, 0) is 28.6 Å². The highest BCUT2D eigenvalue weighted by Crippen LogP contribution is 2.16. The van der Waals surface area contributed by atoms with Gasteiger partial charge in [0.05, 0.1) is 0 Å². The molecule has 0 aliphatic rings. The molecule has 0 aromatic heterocycles. The molecule has 1 unspecified atom stereocenters. The molecule has 0 radical (unpaired) electrons. The molecule has 6 nitrogen and oxygen atoms in total. The molecule has 438 valence electrons. The zero-order valence-corrected chi connectivity index (χ0v) is 50.2. The lowest BCUT2D eigenvalue weighted by Crippen LogP contribution is -2.30. The third-order valence-corrected chi connectivity index (χ3v) is 13.4. The van der Waals surface area contributed by atoms with Crippen LogP contribution < -0.4 is 0 Å². The van der Waals surface area contributed by atoms with Gasteiger partial charge in [0.2, 0.25) is 0 Å². The molecule has 0 amide bonds. The highest BCUT2D eigenvalue weighted by molar-refractivity contribution is 5.71. The Bertz CT molecular complexity index is 1600. The van der Waals surface area contributed by atoms with Gasteiger partial charge in [0.25, 0.3) is 0 Å². The van der Waals surface area contributed by atoms with E-state index in [1.165, 1.54) is 141 Å². The topological polar surface area (TPSA) is 78.9 Å². The fourth-order valence-electron chi connectivity index (χ4n) is 8.70. The Morgan fingerprint density at radius 1 is 0.273 bits per heavy atom. The molecule has 0 aliphatic carbocycles. The lowest BCUT2D eigenvalue weighted by molar-refractivity contribution is -0.167. The van der Waals surface area contributed by atoms with Crippen LogP contribution >= 0.6 is 0 Å². The minimum atomic E-state index is -0.814. The number of hydrogen-bond acceptors (Lipinski definition) is 6. The highest BCUT2D eigenvalue weighted by Gasteiger charge is 2.19. The Kier molecular flexibility index (Phi) is 60.8. The van der Waals surface area contributed by atoms with Gasteiger partial charge in [-0.25, -0.2) is 0 Å². The van der Waals surface area contributed by atoms with Crippen molar-refractivity contribution in [2.75, 3.05) is 13.2 Å². The van der Waals surface area contributed by atoms with Gasteiger partial charge in [-0.3, -0.25) is 14.4 Å². The van der Waals surface area contributed by atoms with E-state index in [1.54, 1.807) is 0 Å². The van der Waals surface area contributed by atoms with Gasteiger partial charge in [0.1, 0.15) is 13.2 Å². The standard InChI is InChI=1S/C71H118O6/c1-4-7-10-13-16-19-22-25-28-31-32-33-34-35-36-37-38-41-43-46-49-52-55-58-61-64-70(73)76-67-68(77-71(74)65-62-59-56-53-50-47-44-40-30-27-24-21-18-15-12-9-6-3)66-75-69(72)63-60-57-54-51-48-45-42-39-29-26-23-20-17-14-11-8-5-2/h7,9-10,12,16,18-19,21,25-30,32-33,44,47,53,56,68H,4-6,8,11,13-15,17,20,22-24,31,34-43,45-46,48-52,54-55,57-67H2,1-3H3/b10-7-,12-9-,19-16-,21-18-,28-25-,29-26-,30-27-,33-32-,47-44-,56-53-. The van der Waals surface area contributed by atoms with E-state index in [2.05, 4.69) is 142 Å². The van der Waals surface area contributed by atoms with E-state index in [9.17, 15) is 14.4 Å². The summed E-state index contributed by atoms with van der Waals surface area (Å²) < 4.78 is 16.9. The summed E-state index contributed by atoms with van der Waals surface area (Å²) in [5.74, 6) is -0.964. The normalized spacial score (nSPS) is 12.9. The number of allylic oxidation sites excluding steroid dienone is 20. The van der Waals surface area contributed by atoms with E-state index in [-0.39, 0.29) is 37.5 Å². The van der Waals surface area contributed by atoms with Crippen molar-refractivity contribution in [2.24, 2.45) is 0 Å². The molecule has 77 heavy (non-hydrogen) atoms. The molecule has 0 heterocycles. The van der Waals surface area contributed by atoms with Gasteiger partial charge in [-0.15, -0.1) is 0 Å². The molecular weight excluding hydrogens is 949 g/mol. The second-order valence-corrected chi connectivity index (χ2v) is 20.9. The van der Waals surface area contributed by atoms with Crippen molar-refractivity contribution in [1.29, 1.82) is 0 Å². The van der Waals surface area contributed by atoms with Crippen molar-refractivity contribution in [3.05, 3.63) is 122 Å².